The molecular weight excluding hydrogens is 725 g/mol. The van der Waals surface area contributed by atoms with Crippen molar-refractivity contribution >= 4 is 26.0 Å². The van der Waals surface area contributed by atoms with Crippen LogP contribution in [0, 0.1) is 17.3 Å². The second-order valence-corrected chi connectivity index (χ2v) is 16.7. The first kappa shape index (κ1) is 44.9. The molecule has 1 aliphatic carbocycles. The molecule has 1 aromatic rings. The van der Waals surface area contributed by atoms with Gasteiger partial charge in [-0.25, -0.2) is 16.8 Å². The van der Waals surface area contributed by atoms with Crippen LogP contribution in [0.5, 0.6) is 0 Å². The molecule has 1 fully saturated rings. The van der Waals surface area contributed by atoms with Gasteiger partial charge < -0.3 is 14.9 Å². The number of carbonyl (C=O) groups is 1. The maximum Gasteiger partial charge on any atom is 0.426 e. The molecule has 0 aromatic heterocycles. The van der Waals surface area contributed by atoms with Gasteiger partial charge >= 0.3 is 24.5 Å². The maximum atomic E-state index is 13.3. The van der Waals surface area contributed by atoms with Crippen molar-refractivity contribution in [3.05, 3.63) is 29.8 Å². The molecule has 0 aliphatic heterocycles. The Bertz CT molecular complexity index is 1480. The average molecular weight is 768 g/mol. The van der Waals surface area contributed by atoms with Crippen LogP contribution in [0.15, 0.2) is 29.2 Å². The largest absolute Gasteiger partial charge is 0.462 e. The van der Waals surface area contributed by atoms with Crippen molar-refractivity contribution < 1.29 is 76.1 Å². The molecular formula is C29H42F9NO8S2. The molecule has 1 saturated carbocycles. The molecule has 5 unspecified atom stereocenters. The third-order valence-electron chi connectivity index (χ3n) is 8.83. The predicted octanol–water partition coefficient (Wildman–Crippen LogP) is 6.36. The number of nitrogens with one attached hydrogen (secondary N) is 1. The van der Waals surface area contributed by atoms with Crippen molar-refractivity contribution in [2.24, 2.45) is 17.3 Å². The molecule has 0 bridgehead atoms. The van der Waals surface area contributed by atoms with Crippen molar-refractivity contribution in [1.29, 1.82) is 0 Å². The molecule has 3 N–H and O–H groups in total. The summed E-state index contributed by atoms with van der Waals surface area (Å²) in [6.07, 6.45) is -21.3. The fourth-order valence-electron chi connectivity index (χ4n) is 4.93. The minimum Gasteiger partial charge on any atom is -0.462 e. The number of hydrogen-bond acceptors (Lipinski definition) is 8. The summed E-state index contributed by atoms with van der Waals surface area (Å²) in [6, 6.07) is 6.22. The van der Waals surface area contributed by atoms with Crippen LogP contribution in [0.4, 0.5) is 39.5 Å². The number of aliphatic hydroxyl groups is 2. The van der Waals surface area contributed by atoms with Gasteiger partial charge in [-0.3, -0.25) is 4.79 Å². The number of ether oxygens (including phenoxy) is 1. The summed E-state index contributed by atoms with van der Waals surface area (Å²) in [5.74, 6) is -5.74. The zero-order chi connectivity index (χ0) is 38.8. The van der Waals surface area contributed by atoms with E-state index in [0.29, 0.717) is 5.92 Å². The van der Waals surface area contributed by atoms with E-state index < -0.39 is 98.4 Å². The molecule has 20 heteroatoms. The highest BCUT2D eigenvalue weighted by Crippen LogP contribution is 2.55. The fourth-order valence-corrected chi connectivity index (χ4v) is 7.41. The van der Waals surface area contributed by atoms with Gasteiger partial charge in [0.15, 0.2) is 5.60 Å². The highest BCUT2D eigenvalue weighted by atomic mass is 32.3. The second kappa shape index (κ2) is 15.2. The van der Waals surface area contributed by atoms with E-state index in [-0.39, 0.29) is 18.2 Å². The van der Waals surface area contributed by atoms with Gasteiger partial charge in [0.05, 0.1) is 16.6 Å². The van der Waals surface area contributed by atoms with E-state index in [9.17, 15) is 71.4 Å². The summed E-state index contributed by atoms with van der Waals surface area (Å²) in [7, 11) is -7.80. The van der Waals surface area contributed by atoms with Gasteiger partial charge in [0.25, 0.3) is 15.6 Å². The Labute approximate surface area is 279 Å². The average Bonchev–Trinajstić information content (AvgIpc) is 2.93. The Morgan fingerprint density at radius 3 is 1.65 bits per heavy atom. The van der Waals surface area contributed by atoms with Crippen LogP contribution in [-0.4, -0.2) is 75.1 Å². The summed E-state index contributed by atoms with van der Waals surface area (Å²) < 4.78 is 172. The molecule has 1 aromatic carbocycles. The fraction of sp³-hybridized carbons (Fsp3) is 0.759. The minimum absolute atomic E-state index is 0.0556. The van der Waals surface area contributed by atoms with E-state index in [1.165, 1.54) is 26.0 Å². The van der Waals surface area contributed by atoms with Gasteiger partial charge in [-0.05, 0) is 76.5 Å². The molecule has 49 heavy (non-hydrogen) atoms. The molecule has 5 atom stereocenters. The Morgan fingerprint density at radius 2 is 1.29 bits per heavy atom. The Balaban J connectivity index is 0.000000564. The van der Waals surface area contributed by atoms with Crippen LogP contribution >= 0.6 is 0 Å². The van der Waals surface area contributed by atoms with Crippen LogP contribution < -0.4 is 4.13 Å². The van der Waals surface area contributed by atoms with E-state index >= 15 is 0 Å². The highest BCUT2D eigenvalue weighted by molar-refractivity contribution is 8.04. The van der Waals surface area contributed by atoms with E-state index in [2.05, 4.69) is 0 Å². The smallest absolute Gasteiger partial charge is 0.426 e. The number of halogens is 9. The first-order chi connectivity index (χ1) is 21.7. The number of esters is 1. The molecule has 2 rings (SSSR count). The topological polar surface area (TPSA) is 147 Å². The molecule has 0 spiro atoms. The Kier molecular flexibility index (Phi) is 13.9. The number of hydrogen-bond donors (Lipinski definition) is 3. The van der Waals surface area contributed by atoms with Crippen LogP contribution in [0.1, 0.15) is 85.1 Å². The molecule has 286 valence electrons. The van der Waals surface area contributed by atoms with Crippen molar-refractivity contribution in [2.75, 3.05) is 6.26 Å². The number of rotatable bonds is 10. The van der Waals surface area contributed by atoms with Crippen LogP contribution in [0.25, 0.3) is 0 Å². The second-order valence-electron chi connectivity index (χ2n) is 13.0. The zero-order valence-electron chi connectivity index (χ0n) is 27.7. The first-order valence-electron chi connectivity index (χ1n) is 14.9. The van der Waals surface area contributed by atoms with E-state index in [0.717, 1.165) is 18.2 Å². The van der Waals surface area contributed by atoms with Crippen molar-refractivity contribution in [3.8, 4) is 0 Å². The maximum absolute atomic E-state index is 13.3. The third-order valence-corrected chi connectivity index (χ3v) is 11.8. The standard InChI is InChI=1S/C18H25F9O4.C11H17NO4S2/c1-5-13(2,3)12(28)31-11-7-9(14(4,29)16(19,20)21)6-10(8-11)15(30,17(22,23)24)18(25,26)27;1-4-9(2)10-5-7-11(8-6-10)18(15,16)12-17(3,13)14/h9-11,29-30H,5-8H2,1-4H3;5-9,12H,4H2,1-3H3. The van der Waals surface area contributed by atoms with Crippen LogP contribution in [0.2, 0.25) is 0 Å². The number of benzene rings is 1. The number of sulfonamides is 2. The lowest BCUT2D eigenvalue weighted by Crippen LogP contribution is -2.64. The Morgan fingerprint density at radius 1 is 0.837 bits per heavy atom. The van der Waals surface area contributed by atoms with Gasteiger partial charge in [0.2, 0.25) is 10.0 Å². The molecule has 0 radical (unpaired) electrons. The summed E-state index contributed by atoms with van der Waals surface area (Å²) in [4.78, 5) is 12.2. The first-order valence-corrected chi connectivity index (χ1v) is 18.2. The lowest BCUT2D eigenvalue weighted by Gasteiger charge is -2.47. The minimum atomic E-state index is -6.28. The van der Waals surface area contributed by atoms with Crippen molar-refractivity contribution in [2.45, 2.75) is 120 Å². The van der Waals surface area contributed by atoms with Crippen LogP contribution in [-0.2, 0) is 29.6 Å². The van der Waals surface area contributed by atoms with E-state index in [1.54, 1.807) is 23.2 Å². The number of alkyl halides is 9. The van der Waals surface area contributed by atoms with Gasteiger partial charge in [-0.1, -0.05) is 32.9 Å². The quantitative estimate of drug-likeness (QED) is 0.184. The van der Waals surface area contributed by atoms with Crippen molar-refractivity contribution in [3.63, 3.8) is 0 Å². The number of carbonyl (C=O) groups excluding carboxylic acids is 1. The van der Waals surface area contributed by atoms with Crippen molar-refractivity contribution in [1.82, 2.24) is 4.13 Å². The molecule has 1 aliphatic rings. The van der Waals surface area contributed by atoms with Gasteiger partial charge in [0, 0.05) is 11.8 Å². The summed E-state index contributed by atoms with van der Waals surface area (Å²) in [6.45, 7) is 8.60. The lowest BCUT2D eigenvalue weighted by atomic mass is 9.66. The van der Waals surface area contributed by atoms with Crippen LogP contribution in [0.3, 0.4) is 0 Å². The Hall–Kier alpha value is -2.16. The molecule has 0 saturated heterocycles. The predicted molar refractivity (Wildman–Crippen MR) is 159 cm³/mol. The summed E-state index contributed by atoms with van der Waals surface area (Å²) in [5.41, 5.74) is -9.23. The van der Waals surface area contributed by atoms with E-state index in [4.69, 9.17) is 4.74 Å². The molecule has 0 heterocycles. The van der Waals surface area contributed by atoms with Gasteiger partial charge in [-0.15, -0.1) is 4.13 Å². The summed E-state index contributed by atoms with van der Waals surface area (Å²) in [5, 5.41) is 19.6. The normalized spacial score (nSPS) is 22.0. The SMILES string of the molecule is CCC(C)(C)C(=O)OC1CC(C(C)(O)C(F)(F)F)CC(C(O)(C(F)(F)F)C(F)(F)F)C1.CCC(C)c1ccc(S(=O)(=O)NS(C)(=O)=O)cc1. The molecule has 9 nitrogen and oxygen atoms in total. The zero-order valence-corrected chi connectivity index (χ0v) is 29.3. The monoisotopic (exact) mass is 767 g/mol. The lowest BCUT2D eigenvalue weighted by molar-refractivity contribution is -0.391. The summed E-state index contributed by atoms with van der Waals surface area (Å²) >= 11 is 0. The van der Waals surface area contributed by atoms with Gasteiger partial charge in [-0.2, -0.15) is 39.5 Å². The molecule has 0 amide bonds. The van der Waals surface area contributed by atoms with E-state index in [1.807, 2.05) is 13.8 Å². The third kappa shape index (κ3) is 10.9. The van der Waals surface area contributed by atoms with Gasteiger partial charge in [0.1, 0.15) is 6.10 Å². The highest BCUT2D eigenvalue weighted by Gasteiger charge is 2.75.